The maximum Gasteiger partial charge on any atom is 0.255 e. The van der Waals surface area contributed by atoms with Gasteiger partial charge in [-0.3, -0.25) is 14.4 Å². The van der Waals surface area contributed by atoms with E-state index >= 15 is 0 Å². The molecule has 0 radical (unpaired) electrons. The van der Waals surface area contributed by atoms with Crippen LogP contribution >= 0.6 is 0 Å². The lowest BCUT2D eigenvalue weighted by Gasteiger charge is -2.28. The third-order valence-electron chi connectivity index (χ3n) is 6.09. The van der Waals surface area contributed by atoms with Crippen molar-refractivity contribution in [3.63, 3.8) is 0 Å². The number of rotatable bonds is 6. The number of nitrogens with one attached hydrogen (secondary N) is 1. The summed E-state index contributed by atoms with van der Waals surface area (Å²) in [5, 5.41) is 2.91. The largest absolute Gasteiger partial charge is 0.339 e. The molecular formula is C24H27N3O3. The van der Waals surface area contributed by atoms with Gasteiger partial charge in [0.15, 0.2) is 0 Å². The van der Waals surface area contributed by atoms with Crippen LogP contribution in [0.4, 0.5) is 5.69 Å². The van der Waals surface area contributed by atoms with Gasteiger partial charge >= 0.3 is 0 Å². The van der Waals surface area contributed by atoms with Crippen molar-refractivity contribution in [3.05, 3.63) is 65.7 Å². The predicted molar refractivity (Wildman–Crippen MR) is 115 cm³/mol. The van der Waals surface area contributed by atoms with Crippen molar-refractivity contribution < 1.29 is 14.4 Å². The fourth-order valence-corrected chi connectivity index (χ4v) is 4.01. The van der Waals surface area contributed by atoms with E-state index in [1.807, 2.05) is 54.3 Å². The molecule has 6 heteroatoms. The van der Waals surface area contributed by atoms with Gasteiger partial charge in [-0.15, -0.1) is 0 Å². The molecule has 0 spiro atoms. The first-order chi connectivity index (χ1) is 14.4. The smallest absolute Gasteiger partial charge is 0.255 e. The number of benzene rings is 2. The Kier molecular flexibility index (Phi) is 5.57. The lowest BCUT2D eigenvalue weighted by Crippen LogP contribution is -2.36. The van der Waals surface area contributed by atoms with Crippen LogP contribution in [-0.2, 0) is 9.59 Å². The summed E-state index contributed by atoms with van der Waals surface area (Å²) >= 11 is 0. The van der Waals surface area contributed by atoms with Crippen LogP contribution in [0.3, 0.4) is 0 Å². The second kappa shape index (κ2) is 8.30. The number of hydrogen-bond donors (Lipinski definition) is 1. The molecule has 156 valence electrons. The van der Waals surface area contributed by atoms with Crippen LogP contribution in [0.1, 0.15) is 48.1 Å². The zero-order valence-corrected chi connectivity index (χ0v) is 17.4. The second-order valence-electron chi connectivity index (χ2n) is 8.25. The monoisotopic (exact) mass is 405 g/mol. The van der Waals surface area contributed by atoms with Crippen molar-refractivity contribution in [3.8, 4) is 0 Å². The van der Waals surface area contributed by atoms with Gasteiger partial charge in [0.1, 0.15) is 0 Å². The molecule has 30 heavy (non-hydrogen) atoms. The first-order valence-corrected chi connectivity index (χ1v) is 10.5. The molecule has 4 rings (SSSR count). The summed E-state index contributed by atoms with van der Waals surface area (Å²) in [7, 11) is 1.78. The Balaban J connectivity index is 1.42. The van der Waals surface area contributed by atoms with Gasteiger partial charge in [-0.2, -0.15) is 0 Å². The molecule has 1 aliphatic heterocycles. The van der Waals surface area contributed by atoms with Crippen LogP contribution in [0, 0.1) is 5.92 Å². The maximum atomic E-state index is 13.0. The Morgan fingerprint density at radius 1 is 1.10 bits per heavy atom. The Hall–Kier alpha value is -3.15. The van der Waals surface area contributed by atoms with Crippen molar-refractivity contribution in [1.29, 1.82) is 0 Å². The zero-order valence-electron chi connectivity index (χ0n) is 17.4. The van der Waals surface area contributed by atoms with E-state index in [0.29, 0.717) is 30.3 Å². The van der Waals surface area contributed by atoms with Crippen LogP contribution in [0.2, 0.25) is 0 Å². The van der Waals surface area contributed by atoms with Crippen molar-refractivity contribution in [2.24, 2.45) is 5.92 Å². The number of carbonyl (C=O) groups excluding carboxylic acids is 3. The second-order valence-corrected chi connectivity index (χ2v) is 8.25. The highest BCUT2D eigenvalue weighted by atomic mass is 16.2. The molecule has 6 nitrogen and oxygen atoms in total. The molecule has 2 aromatic carbocycles. The molecule has 1 saturated heterocycles. The average molecular weight is 405 g/mol. The molecule has 3 amide bonds. The highest BCUT2D eigenvalue weighted by molar-refractivity contribution is 6.04. The summed E-state index contributed by atoms with van der Waals surface area (Å²) in [6, 6.07) is 16.8. The number of anilines is 1. The van der Waals surface area contributed by atoms with Gasteiger partial charge in [0.25, 0.3) is 5.91 Å². The molecule has 1 saturated carbocycles. The van der Waals surface area contributed by atoms with E-state index in [1.54, 1.807) is 24.1 Å². The molecule has 1 N–H and O–H groups in total. The van der Waals surface area contributed by atoms with E-state index in [0.717, 1.165) is 18.4 Å². The van der Waals surface area contributed by atoms with Gasteiger partial charge in [0.2, 0.25) is 11.8 Å². The number of amides is 3. The minimum absolute atomic E-state index is 0.00211. The Morgan fingerprint density at radius 3 is 2.53 bits per heavy atom. The van der Waals surface area contributed by atoms with Crippen molar-refractivity contribution in [1.82, 2.24) is 9.80 Å². The van der Waals surface area contributed by atoms with Crippen LogP contribution in [0.25, 0.3) is 0 Å². The lowest BCUT2D eigenvalue weighted by molar-refractivity contribution is -0.136. The van der Waals surface area contributed by atoms with Gasteiger partial charge in [-0.25, -0.2) is 0 Å². The number of hydrogen-bond acceptors (Lipinski definition) is 3. The highest BCUT2D eigenvalue weighted by Gasteiger charge is 2.42. The summed E-state index contributed by atoms with van der Waals surface area (Å²) < 4.78 is 0. The van der Waals surface area contributed by atoms with Crippen molar-refractivity contribution in [2.45, 2.75) is 38.3 Å². The first-order valence-electron chi connectivity index (χ1n) is 10.5. The summed E-state index contributed by atoms with van der Waals surface area (Å²) in [6.45, 7) is 2.50. The van der Waals surface area contributed by atoms with E-state index in [2.05, 4.69) is 5.32 Å². The number of likely N-dealkylation sites (tertiary alicyclic amines) is 1. The lowest BCUT2D eigenvalue weighted by atomic mass is 10.0. The molecule has 0 bridgehead atoms. The summed E-state index contributed by atoms with van der Waals surface area (Å²) in [5.74, 6) is -0.346. The van der Waals surface area contributed by atoms with Gasteiger partial charge in [0, 0.05) is 37.3 Å². The van der Waals surface area contributed by atoms with E-state index in [4.69, 9.17) is 0 Å². The summed E-state index contributed by atoms with van der Waals surface area (Å²) in [5.41, 5.74) is 2.21. The normalized spacial score (nSPS) is 19.5. The number of carbonyl (C=O) groups is 3. The predicted octanol–water partition coefficient (Wildman–Crippen LogP) is 3.47. The van der Waals surface area contributed by atoms with E-state index < -0.39 is 0 Å². The molecule has 2 atom stereocenters. The SMILES string of the molecule is C[C@@H](c1cccc(NC(=O)c2ccccc2)c1)N(C)C(=O)[C@H]1CC(=O)N(C2CC2)C1. The van der Waals surface area contributed by atoms with Crippen LogP contribution in [-0.4, -0.2) is 47.2 Å². The van der Waals surface area contributed by atoms with Gasteiger partial charge in [-0.05, 0) is 49.6 Å². The highest BCUT2D eigenvalue weighted by Crippen LogP contribution is 2.34. The fraction of sp³-hybridized carbons (Fsp3) is 0.375. The van der Waals surface area contributed by atoms with E-state index in [-0.39, 0.29) is 29.7 Å². The summed E-state index contributed by atoms with van der Waals surface area (Å²) in [4.78, 5) is 41.2. The third kappa shape index (κ3) is 4.22. The van der Waals surface area contributed by atoms with Gasteiger partial charge in [0.05, 0.1) is 12.0 Å². The van der Waals surface area contributed by atoms with Crippen LogP contribution in [0.5, 0.6) is 0 Å². The van der Waals surface area contributed by atoms with Crippen LogP contribution < -0.4 is 5.32 Å². The quantitative estimate of drug-likeness (QED) is 0.800. The van der Waals surface area contributed by atoms with Gasteiger partial charge < -0.3 is 15.1 Å². The fourth-order valence-electron chi connectivity index (χ4n) is 4.01. The molecule has 1 heterocycles. The molecule has 0 unspecified atom stereocenters. The Labute approximate surface area is 176 Å². The van der Waals surface area contributed by atoms with E-state index in [9.17, 15) is 14.4 Å². The Bertz CT molecular complexity index is 955. The van der Waals surface area contributed by atoms with Crippen molar-refractivity contribution >= 4 is 23.4 Å². The molecule has 2 aliphatic rings. The van der Waals surface area contributed by atoms with Crippen molar-refractivity contribution in [2.75, 3.05) is 18.9 Å². The first kappa shape index (κ1) is 20.1. The topological polar surface area (TPSA) is 69.7 Å². The standard InChI is InChI=1S/C24H27N3O3/c1-16(26(2)24(30)19-14-22(28)27(15-19)21-11-12-21)18-9-6-10-20(13-18)25-23(29)17-7-4-3-5-8-17/h3-10,13,16,19,21H,11-12,14-15H2,1-2H3,(H,25,29)/t16-,19-/m0/s1. The maximum absolute atomic E-state index is 13.0. The average Bonchev–Trinajstić information content (AvgIpc) is 3.54. The molecule has 1 aliphatic carbocycles. The van der Waals surface area contributed by atoms with Crippen LogP contribution in [0.15, 0.2) is 54.6 Å². The van der Waals surface area contributed by atoms with E-state index in [1.165, 1.54) is 0 Å². The molecule has 0 aromatic heterocycles. The van der Waals surface area contributed by atoms with Gasteiger partial charge in [-0.1, -0.05) is 30.3 Å². The minimum Gasteiger partial charge on any atom is -0.339 e. The molecule has 2 aromatic rings. The third-order valence-corrected chi connectivity index (χ3v) is 6.09. The minimum atomic E-state index is -0.272. The number of nitrogens with zero attached hydrogens (tertiary/aromatic N) is 2. The molecular weight excluding hydrogens is 378 g/mol. The summed E-state index contributed by atoms with van der Waals surface area (Å²) in [6.07, 6.45) is 2.42. The molecule has 2 fully saturated rings. The zero-order chi connectivity index (χ0) is 21.3. The Morgan fingerprint density at radius 2 is 1.83 bits per heavy atom.